The van der Waals surface area contributed by atoms with Gasteiger partial charge in [0.1, 0.15) is 5.60 Å². The van der Waals surface area contributed by atoms with Crippen LogP contribution in [0.15, 0.2) is 42.6 Å². The minimum Gasteiger partial charge on any atom is -0.478 e. The molecule has 2 N–H and O–H groups in total. The first-order valence-electron chi connectivity index (χ1n) is 7.04. The number of aromatic nitrogens is 1. The molecule has 0 aliphatic rings. The normalized spacial score (nSPS) is 10.9. The number of nitrogens with zero attached hydrogens (tertiary/aromatic N) is 1. The fourth-order valence-electron chi connectivity index (χ4n) is 1.87. The number of carboxylic acid groups (broad SMARTS) is 1. The molecule has 1 heterocycles. The Kier molecular flexibility index (Phi) is 4.64. The van der Waals surface area contributed by atoms with Crippen LogP contribution in [0.3, 0.4) is 0 Å². The number of amides is 1. The van der Waals surface area contributed by atoms with Crippen molar-refractivity contribution < 1.29 is 19.4 Å². The highest BCUT2D eigenvalue weighted by Gasteiger charge is 2.16. The summed E-state index contributed by atoms with van der Waals surface area (Å²) in [6.45, 7) is 5.34. The van der Waals surface area contributed by atoms with Crippen LogP contribution in [0.5, 0.6) is 0 Å². The Morgan fingerprint density at radius 1 is 1.17 bits per heavy atom. The largest absolute Gasteiger partial charge is 0.478 e. The van der Waals surface area contributed by atoms with Crippen molar-refractivity contribution in [3.63, 3.8) is 0 Å². The lowest BCUT2D eigenvalue weighted by atomic mass is 10.1. The molecule has 0 fully saturated rings. The molecule has 6 nitrogen and oxygen atoms in total. The van der Waals surface area contributed by atoms with Crippen molar-refractivity contribution in [3.05, 3.63) is 48.2 Å². The number of benzene rings is 1. The van der Waals surface area contributed by atoms with Crippen molar-refractivity contribution >= 4 is 17.7 Å². The van der Waals surface area contributed by atoms with Gasteiger partial charge in [0.05, 0.1) is 23.1 Å². The molecule has 0 radical (unpaired) electrons. The van der Waals surface area contributed by atoms with Crippen LogP contribution in [0, 0.1) is 0 Å². The van der Waals surface area contributed by atoms with E-state index in [2.05, 4.69) is 10.3 Å². The van der Waals surface area contributed by atoms with Gasteiger partial charge in [-0.15, -0.1) is 0 Å². The molecule has 1 amide bonds. The first kappa shape index (κ1) is 16.5. The first-order valence-corrected chi connectivity index (χ1v) is 7.04. The smallest absolute Gasteiger partial charge is 0.412 e. The van der Waals surface area contributed by atoms with E-state index in [9.17, 15) is 9.59 Å². The second-order valence-electron chi connectivity index (χ2n) is 5.94. The fraction of sp³-hybridized carbons (Fsp3) is 0.235. The Morgan fingerprint density at radius 3 is 2.48 bits per heavy atom. The van der Waals surface area contributed by atoms with Gasteiger partial charge in [-0.25, -0.2) is 9.59 Å². The van der Waals surface area contributed by atoms with E-state index in [1.807, 2.05) is 0 Å². The zero-order chi connectivity index (χ0) is 17.0. The van der Waals surface area contributed by atoms with Gasteiger partial charge in [0.2, 0.25) is 0 Å². The van der Waals surface area contributed by atoms with Gasteiger partial charge in [0.15, 0.2) is 0 Å². The van der Waals surface area contributed by atoms with Gasteiger partial charge >= 0.3 is 12.1 Å². The summed E-state index contributed by atoms with van der Waals surface area (Å²) >= 11 is 0. The summed E-state index contributed by atoms with van der Waals surface area (Å²) in [7, 11) is 0. The van der Waals surface area contributed by atoms with Crippen LogP contribution >= 0.6 is 0 Å². The monoisotopic (exact) mass is 314 g/mol. The Hall–Kier alpha value is -2.89. The fourth-order valence-corrected chi connectivity index (χ4v) is 1.87. The summed E-state index contributed by atoms with van der Waals surface area (Å²) in [5, 5.41) is 11.6. The number of carbonyl (C=O) groups excluding carboxylic acids is 1. The number of pyridine rings is 1. The number of aromatic carboxylic acids is 1. The molecule has 0 atom stereocenters. The molecular weight excluding hydrogens is 296 g/mol. The van der Waals surface area contributed by atoms with Gasteiger partial charge in [-0.3, -0.25) is 10.3 Å². The third-order valence-electron chi connectivity index (χ3n) is 2.81. The Morgan fingerprint density at radius 2 is 1.91 bits per heavy atom. The molecule has 2 rings (SSSR count). The summed E-state index contributed by atoms with van der Waals surface area (Å²) in [6, 6.07) is 9.88. The maximum atomic E-state index is 11.7. The van der Waals surface area contributed by atoms with Crippen molar-refractivity contribution in [2.45, 2.75) is 26.4 Å². The predicted molar refractivity (Wildman–Crippen MR) is 86.5 cm³/mol. The van der Waals surface area contributed by atoms with E-state index in [1.54, 1.807) is 51.1 Å². The summed E-state index contributed by atoms with van der Waals surface area (Å²) in [6.07, 6.45) is 0.937. The zero-order valence-electron chi connectivity index (χ0n) is 13.2. The number of hydrogen-bond acceptors (Lipinski definition) is 4. The van der Waals surface area contributed by atoms with Crippen LogP contribution in [0.1, 0.15) is 31.1 Å². The molecular formula is C17H18N2O4. The highest BCUT2D eigenvalue weighted by atomic mass is 16.6. The average Bonchev–Trinajstić information content (AvgIpc) is 2.46. The molecule has 120 valence electrons. The molecule has 0 aliphatic heterocycles. The second kappa shape index (κ2) is 6.48. The second-order valence-corrected chi connectivity index (χ2v) is 5.94. The Bertz CT molecular complexity index is 718. The lowest BCUT2D eigenvalue weighted by Crippen LogP contribution is -2.27. The first-order chi connectivity index (χ1) is 10.7. The van der Waals surface area contributed by atoms with E-state index in [0.29, 0.717) is 16.9 Å². The topological polar surface area (TPSA) is 88.5 Å². The van der Waals surface area contributed by atoms with Crippen molar-refractivity contribution in [2.24, 2.45) is 0 Å². The third kappa shape index (κ3) is 4.81. The maximum absolute atomic E-state index is 11.7. The molecule has 0 unspecified atom stereocenters. The maximum Gasteiger partial charge on any atom is 0.412 e. The van der Waals surface area contributed by atoms with Crippen LogP contribution in [-0.2, 0) is 4.74 Å². The van der Waals surface area contributed by atoms with Crippen LogP contribution in [-0.4, -0.2) is 27.8 Å². The average molecular weight is 314 g/mol. The van der Waals surface area contributed by atoms with Gasteiger partial charge in [-0.1, -0.05) is 12.1 Å². The van der Waals surface area contributed by atoms with E-state index in [1.165, 1.54) is 12.3 Å². The predicted octanol–water partition coefficient (Wildman–Crippen LogP) is 3.79. The number of hydrogen-bond donors (Lipinski definition) is 2. The minimum absolute atomic E-state index is 0.195. The summed E-state index contributed by atoms with van der Waals surface area (Å²) in [5.41, 5.74) is 1.42. The number of anilines is 1. The van der Waals surface area contributed by atoms with Crippen molar-refractivity contribution in [1.29, 1.82) is 0 Å². The third-order valence-corrected chi connectivity index (χ3v) is 2.81. The van der Waals surface area contributed by atoms with Crippen LogP contribution in [0.25, 0.3) is 11.3 Å². The van der Waals surface area contributed by atoms with E-state index in [4.69, 9.17) is 9.84 Å². The van der Waals surface area contributed by atoms with Crippen molar-refractivity contribution in [3.8, 4) is 11.3 Å². The molecule has 0 saturated carbocycles. The molecule has 1 aromatic carbocycles. The number of carbonyl (C=O) groups is 2. The lowest BCUT2D eigenvalue weighted by Gasteiger charge is -2.19. The van der Waals surface area contributed by atoms with E-state index >= 15 is 0 Å². The Labute approximate surface area is 134 Å². The molecule has 23 heavy (non-hydrogen) atoms. The molecule has 0 bridgehead atoms. The zero-order valence-corrected chi connectivity index (χ0v) is 13.2. The van der Waals surface area contributed by atoms with Crippen molar-refractivity contribution in [2.75, 3.05) is 5.32 Å². The van der Waals surface area contributed by atoms with Gasteiger partial charge in [0, 0.05) is 5.56 Å². The highest BCUT2D eigenvalue weighted by Crippen LogP contribution is 2.20. The molecule has 2 aromatic rings. The number of rotatable bonds is 3. The summed E-state index contributed by atoms with van der Waals surface area (Å²) in [5.74, 6) is -0.991. The van der Waals surface area contributed by atoms with Crippen molar-refractivity contribution in [1.82, 2.24) is 4.98 Å². The van der Waals surface area contributed by atoms with Gasteiger partial charge in [-0.2, -0.15) is 0 Å². The van der Waals surface area contributed by atoms with Gasteiger partial charge in [0.25, 0.3) is 0 Å². The SMILES string of the molecule is CC(C)(C)OC(=O)Nc1ccc(-c2cccc(C(=O)O)c2)nc1. The molecule has 6 heteroatoms. The van der Waals surface area contributed by atoms with Gasteiger partial charge in [-0.05, 0) is 45.0 Å². The van der Waals surface area contributed by atoms with Crippen LogP contribution in [0.2, 0.25) is 0 Å². The lowest BCUT2D eigenvalue weighted by molar-refractivity contribution is 0.0634. The van der Waals surface area contributed by atoms with Crippen LogP contribution < -0.4 is 5.32 Å². The minimum atomic E-state index is -0.991. The number of nitrogens with one attached hydrogen (secondary N) is 1. The molecule has 0 aliphatic carbocycles. The quantitative estimate of drug-likeness (QED) is 0.899. The molecule has 1 aromatic heterocycles. The number of carboxylic acids is 1. The van der Waals surface area contributed by atoms with Gasteiger partial charge < -0.3 is 9.84 Å². The number of ether oxygens (including phenoxy) is 1. The highest BCUT2D eigenvalue weighted by molar-refractivity contribution is 5.89. The van der Waals surface area contributed by atoms with Crippen LogP contribution in [0.4, 0.5) is 10.5 Å². The van der Waals surface area contributed by atoms with E-state index in [-0.39, 0.29) is 5.56 Å². The summed E-state index contributed by atoms with van der Waals surface area (Å²) in [4.78, 5) is 26.9. The molecule has 0 spiro atoms. The standard InChI is InChI=1S/C17H18N2O4/c1-17(2,3)23-16(22)19-13-7-8-14(18-10-13)11-5-4-6-12(9-11)15(20)21/h4-10H,1-3H3,(H,19,22)(H,20,21). The Balaban J connectivity index is 2.12. The summed E-state index contributed by atoms with van der Waals surface area (Å²) < 4.78 is 5.16. The van der Waals surface area contributed by atoms with E-state index < -0.39 is 17.7 Å². The van der Waals surface area contributed by atoms with E-state index in [0.717, 1.165) is 0 Å². The molecule has 0 saturated heterocycles.